The summed E-state index contributed by atoms with van der Waals surface area (Å²) in [7, 11) is 3.63. The summed E-state index contributed by atoms with van der Waals surface area (Å²) in [6.45, 7) is 4.56. The van der Waals surface area contributed by atoms with Crippen molar-refractivity contribution in [2.24, 2.45) is 7.05 Å². The van der Waals surface area contributed by atoms with Crippen molar-refractivity contribution in [2.75, 3.05) is 38.2 Å². The van der Waals surface area contributed by atoms with E-state index in [1.54, 1.807) is 7.11 Å². The van der Waals surface area contributed by atoms with Crippen molar-refractivity contribution in [3.8, 4) is 17.1 Å². The zero-order valence-corrected chi connectivity index (χ0v) is 17.0. The fraction of sp³-hybridized carbons (Fsp3) is 0.350. The highest BCUT2D eigenvalue weighted by Crippen LogP contribution is 2.28. The molecule has 0 bridgehead atoms. The second-order valence-corrected chi connectivity index (χ2v) is 7.18. The van der Waals surface area contributed by atoms with Crippen LogP contribution < -0.4 is 9.64 Å². The van der Waals surface area contributed by atoms with Crippen LogP contribution in [0.1, 0.15) is 0 Å². The van der Waals surface area contributed by atoms with E-state index in [9.17, 15) is 0 Å². The molecule has 1 fully saturated rings. The number of nitrogens with zero attached hydrogens (tertiary/aromatic N) is 6. The molecule has 0 spiro atoms. The Morgan fingerprint density at radius 1 is 1.04 bits per heavy atom. The van der Waals surface area contributed by atoms with Crippen molar-refractivity contribution >= 4 is 17.9 Å². The van der Waals surface area contributed by atoms with Gasteiger partial charge in [-0.1, -0.05) is 12.1 Å². The maximum atomic E-state index is 5.64. The molecule has 0 saturated carbocycles. The number of ether oxygens (including phenoxy) is 1. The Hall–Kier alpha value is -2.71. The van der Waals surface area contributed by atoms with Crippen LogP contribution in [0.15, 0.2) is 48.8 Å². The standard InChI is InChI=1S/C20H24N6OS/c1-23-19(17-5-3-4-6-18(17)27-2)22-26(20(23)28)15-24-11-13-25(14-12-24)16-7-9-21-10-8-16/h3-10H,11-15H2,1-2H3. The Morgan fingerprint density at radius 3 is 2.46 bits per heavy atom. The molecular formula is C20H24N6OS. The highest BCUT2D eigenvalue weighted by molar-refractivity contribution is 7.71. The summed E-state index contributed by atoms with van der Waals surface area (Å²) < 4.78 is 10.0. The Balaban J connectivity index is 1.49. The summed E-state index contributed by atoms with van der Waals surface area (Å²) in [5.74, 6) is 1.61. The van der Waals surface area contributed by atoms with E-state index in [-0.39, 0.29) is 0 Å². The molecule has 1 aliphatic rings. The second kappa shape index (κ2) is 8.12. The molecule has 0 N–H and O–H groups in total. The minimum Gasteiger partial charge on any atom is -0.496 e. The van der Waals surface area contributed by atoms with Crippen LogP contribution in [-0.2, 0) is 13.7 Å². The molecule has 1 aliphatic heterocycles. The maximum absolute atomic E-state index is 5.64. The van der Waals surface area contributed by atoms with E-state index < -0.39 is 0 Å². The molecule has 146 valence electrons. The van der Waals surface area contributed by atoms with Gasteiger partial charge in [0.05, 0.1) is 19.3 Å². The second-order valence-electron chi connectivity index (χ2n) is 6.82. The van der Waals surface area contributed by atoms with Gasteiger partial charge in [0.1, 0.15) is 5.75 Å². The number of hydrogen-bond donors (Lipinski definition) is 0. The fourth-order valence-corrected chi connectivity index (χ4v) is 3.72. The Morgan fingerprint density at radius 2 is 1.75 bits per heavy atom. The first kappa shape index (κ1) is 18.6. The van der Waals surface area contributed by atoms with Crippen LogP contribution in [0.5, 0.6) is 5.75 Å². The first-order valence-corrected chi connectivity index (χ1v) is 9.73. The zero-order valence-electron chi connectivity index (χ0n) is 16.2. The molecule has 7 nitrogen and oxygen atoms in total. The monoisotopic (exact) mass is 396 g/mol. The molecule has 0 atom stereocenters. The minimum absolute atomic E-state index is 0.687. The summed E-state index contributed by atoms with van der Waals surface area (Å²) in [5, 5.41) is 4.79. The molecule has 0 radical (unpaired) electrons. The number of piperazine rings is 1. The van der Waals surface area contributed by atoms with Crippen LogP contribution in [0.4, 0.5) is 5.69 Å². The molecule has 8 heteroatoms. The van der Waals surface area contributed by atoms with Gasteiger partial charge in [-0.05, 0) is 36.5 Å². The lowest BCUT2D eigenvalue weighted by Gasteiger charge is -2.35. The summed E-state index contributed by atoms with van der Waals surface area (Å²) in [5.41, 5.74) is 2.17. The third-order valence-electron chi connectivity index (χ3n) is 5.12. The van der Waals surface area contributed by atoms with Crippen molar-refractivity contribution in [3.63, 3.8) is 0 Å². The van der Waals surface area contributed by atoms with E-state index in [0.29, 0.717) is 11.4 Å². The first-order chi connectivity index (χ1) is 13.7. The number of pyridine rings is 1. The first-order valence-electron chi connectivity index (χ1n) is 9.32. The van der Waals surface area contributed by atoms with Crippen LogP contribution in [0, 0.1) is 4.77 Å². The number of para-hydroxylation sites is 1. The van der Waals surface area contributed by atoms with Gasteiger partial charge in [0.15, 0.2) is 10.6 Å². The summed E-state index contributed by atoms with van der Waals surface area (Å²) in [6, 6.07) is 12.0. The van der Waals surface area contributed by atoms with Gasteiger partial charge in [0, 0.05) is 51.3 Å². The SMILES string of the molecule is COc1ccccc1-c1nn(CN2CCN(c3ccncc3)CC2)c(=S)n1C. The molecular weight excluding hydrogens is 372 g/mol. The number of anilines is 1. The van der Waals surface area contributed by atoms with Crippen LogP contribution in [-0.4, -0.2) is 57.5 Å². The smallest absolute Gasteiger partial charge is 0.199 e. The van der Waals surface area contributed by atoms with Crippen LogP contribution in [0.25, 0.3) is 11.4 Å². The lowest BCUT2D eigenvalue weighted by atomic mass is 10.2. The lowest BCUT2D eigenvalue weighted by molar-refractivity contribution is 0.194. The molecule has 3 heterocycles. The predicted molar refractivity (Wildman–Crippen MR) is 112 cm³/mol. The van der Waals surface area contributed by atoms with Gasteiger partial charge in [-0.2, -0.15) is 5.10 Å². The van der Waals surface area contributed by atoms with Gasteiger partial charge in [0.2, 0.25) is 0 Å². The zero-order chi connectivity index (χ0) is 19.5. The molecule has 28 heavy (non-hydrogen) atoms. The van der Waals surface area contributed by atoms with Gasteiger partial charge in [-0.15, -0.1) is 0 Å². The molecule has 1 saturated heterocycles. The third kappa shape index (κ3) is 3.65. The largest absolute Gasteiger partial charge is 0.496 e. The average Bonchev–Trinajstić information content (AvgIpc) is 3.03. The Labute approximate surface area is 169 Å². The van der Waals surface area contributed by atoms with Crippen molar-refractivity contribution in [3.05, 3.63) is 53.6 Å². The minimum atomic E-state index is 0.687. The number of benzene rings is 1. The lowest BCUT2D eigenvalue weighted by Crippen LogP contribution is -2.47. The molecule has 2 aromatic heterocycles. The van der Waals surface area contributed by atoms with Crippen molar-refractivity contribution in [1.29, 1.82) is 0 Å². The van der Waals surface area contributed by atoms with Crippen LogP contribution in [0.3, 0.4) is 0 Å². The van der Waals surface area contributed by atoms with Gasteiger partial charge < -0.3 is 14.2 Å². The van der Waals surface area contributed by atoms with Crippen molar-refractivity contribution in [2.45, 2.75) is 6.67 Å². The fourth-order valence-electron chi connectivity index (χ4n) is 3.54. The highest BCUT2D eigenvalue weighted by Gasteiger charge is 2.20. The van der Waals surface area contributed by atoms with E-state index in [1.165, 1.54) is 5.69 Å². The normalized spacial score (nSPS) is 15.0. The maximum Gasteiger partial charge on any atom is 0.199 e. The number of aromatic nitrogens is 4. The predicted octanol–water partition coefficient (Wildman–Crippen LogP) is 2.80. The molecule has 1 aromatic carbocycles. The van der Waals surface area contributed by atoms with E-state index in [0.717, 1.165) is 43.3 Å². The topological polar surface area (TPSA) is 51.4 Å². The average molecular weight is 397 g/mol. The number of hydrogen-bond acceptors (Lipinski definition) is 6. The van der Waals surface area contributed by atoms with Gasteiger partial charge in [-0.3, -0.25) is 9.88 Å². The Kier molecular flexibility index (Phi) is 5.40. The van der Waals surface area contributed by atoms with Crippen molar-refractivity contribution < 1.29 is 4.74 Å². The highest BCUT2D eigenvalue weighted by atomic mass is 32.1. The number of methoxy groups -OCH3 is 1. The van der Waals surface area contributed by atoms with Crippen LogP contribution in [0.2, 0.25) is 0 Å². The molecule has 3 aromatic rings. The van der Waals surface area contributed by atoms with E-state index in [4.69, 9.17) is 22.1 Å². The van der Waals surface area contributed by atoms with Gasteiger partial charge >= 0.3 is 0 Å². The van der Waals surface area contributed by atoms with E-state index >= 15 is 0 Å². The third-order valence-corrected chi connectivity index (χ3v) is 5.61. The molecule has 4 rings (SSSR count). The van der Waals surface area contributed by atoms with Gasteiger partial charge in [-0.25, -0.2) is 4.68 Å². The number of rotatable bonds is 5. The van der Waals surface area contributed by atoms with E-state index in [1.807, 2.05) is 53.0 Å². The van der Waals surface area contributed by atoms with Crippen LogP contribution >= 0.6 is 12.2 Å². The quantitative estimate of drug-likeness (QED) is 0.618. The summed E-state index contributed by atoms with van der Waals surface area (Å²) >= 11 is 5.64. The van der Waals surface area contributed by atoms with Crippen molar-refractivity contribution in [1.82, 2.24) is 24.2 Å². The summed E-state index contributed by atoms with van der Waals surface area (Å²) in [4.78, 5) is 8.86. The van der Waals surface area contributed by atoms with Gasteiger partial charge in [0.25, 0.3) is 0 Å². The molecule has 0 unspecified atom stereocenters. The summed E-state index contributed by atoms with van der Waals surface area (Å²) in [6.07, 6.45) is 3.68. The molecule has 0 amide bonds. The van der Waals surface area contributed by atoms with E-state index in [2.05, 4.69) is 26.9 Å². The molecule has 0 aliphatic carbocycles. The Bertz CT molecular complexity index is 991.